The molecule has 2 fully saturated rings. The molecule has 16 nitrogen and oxygen atoms in total. The maximum atomic E-state index is 14.8. The van der Waals surface area contributed by atoms with E-state index >= 15 is 0 Å². The van der Waals surface area contributed by atoms with Gasteiger partial charge >= 0.3 is 0 Å². The van der Waals surface area contributed by atoms with E-state index in [0.29, 0.717) is 18.0 Å². The maximum Gasteiger partial charge on any atom is 0.256 e. The van der Waals surface area contributed by atoms with Gasteiger partial charge in [-0.05, 0) is 72.5 Å². The summed E-state index contributed by atoms with van der Waals surface area (Å²) in [5.74, 6) is -1.79. The van der Waals surface area contributed by atoms with Crippen molar-refractivity contribution in [1.82, 2.24) is 45.6 Å². The standard InChI is InChI=1S/C58H67N9O7S2/c1-7-35(4)50(59-22-21-38-11-9-8-10-12-38)57(72)66-30-45(25-49(66)55(70)62-27-40-15-19-42(20-16-40)53-37(6)64-33-76-53)74-44-24-46-47(60-28-44)31-67(56(46)71)51(34(2)3)58(73)65-29-43(68)23-48(65)54(69)61-26-39-13-17-41(18-14-39)52-36(5)63-32-75-52/h8-20,24,28,32-35,43,45,48-51,59,68H,7,21-23,25-27,29-31H2,1-6H3,(H,61,69)(H,62,70)/t35-,43+,45+,48-,49-,50-,51-/m0/s1. The third-order valence-corrected chi connectivity index (χ3v) is 16.9. The van der Waals surface area contributed by atoms with Gasteiger partial charge in [0.2, 0.25) is 23.6 Å². The van der Waals surface area contributed by atoms with Gasteiger partial charge in [-0.3, -0.25) is 29.0 Å². The fourth-order valence-corrected chi connectivity index (χ4v) is 12.2. The van der Waals surface area contributed by atoms with E-state index in [-0.39, 0.29) is 80.7 Å². The molecule has 3 aromatic carbocycles. The van der Waals surface area contributed by atoms with E-state index in [1.807, 2.05) is 112 Å². The number of amides is 5. The molecule has 3 aliphatic heterocycles. The van der Waals surface area contributed by atoms with E-state index in [1.165, 1.54) is 16.0 Å². The predicted octanol–water partition coefficient (Wildman–Crippen LogP) is 7.12. The number of aryl methyl sites for hydroxylation is 2. The molecule has 76 heavy (non-hydrogen) atoms. The number of ether oxygens (including phenoxy) is 1. The highest BCUT2D eigenvalue weighted by Crippen LogP contribution is 2.34. The van der Waals surface area contributed by atoms with Crippen molar-refractivity contribution in [1.29, 1.82) is 0 Å². The summed E-state index contributed by atoms with van der Waals surface area (Å²) in [6.45, 7) is 13.0. The van der Waals surface area contributed by atoms with Crippen molar-refractivity contribution in [3.8, 4) is 26.6 Å². The molecule has 0 spiro atoms. The third-order valence-electron chi connectivity index (χ3n) is 14.9. The third kappa shape index (κ3) is 12.0. The molecule has 9 rings (SSSR count). The number of likely N-dealkylation sites (tertiary alicyclic amines) is 2. The van der Waals surface area contributed by atoms with Gasteiger partial charge in [0, 0.05) is 32.5 Å². The van der Waals surface area contributed by atoms with Crippen molar-refractivity contribution in [2.75, 3.05) is 19.6 Å². The molecule has 3 aromatic heterocycles. The number of rotatable bonds is 20. The minimum Gasteiger partial charge on any atom is -0.487 e. The minimum atomic E-state index is -0.955. The Balaban J connectivity index is 0.873. The molecule has 398 valence electrons. The van der Waals surface area contributed by atoms with Crippen molar-refractivity contribution in [2.24, 2.45) is 11.8 Å². The van der Waals surface area contributed by atoms with Gasteiger partial charge in [0.15, 0.2) is 0 Å². The first-order valence-corrected chi connectivity index (χ1v) is 28.0. The van der Waals surface area contributed by atoms with Crippen LogP contribution in [0.5, 0.6) is 5.75 Å². The molecule has 2 saturated heterocycles. The Morgan fingerprint density at radius 1 is 0.750 bits per heavy atom. The summed E-state index contributed by atoms with van der Waals surface area (Å²) >= 11 is 3.15. The maximum absolute atomic E-state index is 14.8. The molecule has 0 saturated carbocycles. The van der Waals surface area contributed by atoms with E-state index in [2.05, 4.69) is 50.0 Å². The number of fused-ring (bicyclic) bond motifs is 1. The van der Waals surface area contributed by atoms with Gasteiger partial charge in [-0.2, -0.15) is 0 Å². The molecule has 5 amide bonds. The quantitative estimate of drug-likeness (QED) is 0.0608. The average molecular weight is 1070 g/mol. The van der Waals surface area contributed by atoms with Crippen molar-refractivity contribution < 1.29 is 33.8 Å². The second kappa shape index (κ2) is 24.0. The number of benzene rings is 3. The number of thiazole rings is 2. The van der Waals surface area contributed by atoms with Crippen LogP contribution in [0.4, 0.5) is 0 Å². The summed E-state index contributed by atoms with van der Waals surface area (Å²) in [6.07, 6.45) is 1.76. The summed E-state index contributed by atoms with van der Waals surface area (Å²) < 4.78 is 6.56. The Hall–Kier alpha value is -6.86. The van der Waals surface area contributed by atoms with Crippen LogP contribution in [0.15, 0.2) is 102 Å². The number of aliphatic hydroxyl groups is 1. The van der Waals surface area contributed by atoms with E-state index in [4.69, 9.17) is 4.74 Å². The Morgan fingerprint density at radius 3 is 1.88 bits per heavy atom. The van der Waals surface area contributed by atoms with Crippen molar-refractivity contribution in [3.05, 3.63) is 141 Å². The molecule has 6 aromatic rings. The van der Waals surface area contributed by atoms with Gasteiger partial charge in [0.1, 0.15) is 30.0 Å². The fourth-order valence-electron chi connectivity index (χ4n) is 10.6. The summed E-state index contributed by atoms with van der Waals surface area (Å²) in [6, 6.07) is 24.3. The lowest BCUT2D eigenvalue weighted by atomic mass is 9.97. The zero-order chi connectivity index (χ0) is 53.6. The normalized spacial score (nSPS) is 19.4. The van der Waals surface area contributed by atoms with Gasteiger partial charge in [-0.1, -0.05) is 113 Å². The molecule has 0 unspecified atom stereocenters. The highest BCUT2D eigenvalue weighted by Gasteiger charge is 2.47. The van der Waals surface area contributed by atoms with Gasteiger partial charge in [0.25, 0.3) is 5.91 Å². The fraction of sp³-hybridized carbons (Fsp3) is 0.414. The lowest BCUT2D eigenvalue weighted by Gasteiger charge is -2.35. The highest BCUT2D eigenvalue weighted by molar-refractivity contribution is 7.13. The zero-order valence-corrected chi connectivity index (χ0v) is 45.5. The highest BCUT2D eigenvalue weighted by atomic mass is 32.1. The number of pyridine rings is 1. The van der Waals surface area contributed by atoms with Crippen LogP contribution in [0.2, 0.25) is 0 Å². The number of carbonyl (C=O) groups excluding carboxylic acids is 5. The van der Waals surface area contributed by atoms with Crippen LogP contribution in [0.25, 0.3) is 20.9 Å². The number of hydrogen-bond donors (Lipinski definition) is 4. The molecular weight excluding hydrogens is 999 g/mol. The number of hydrogen-bond acceptors (Lipinski definition) is 13. The monoisotopic (exact) mass is 1070 g/mol. The number of β-amino-alcohol motifs (C(OH)–C–C–N with tert-alkyl or cyclic N) is 1. The van der Waals surface area contributed by atoms with Gasteiger partial charge in [-0.25, -0.2) is 9.97 Å². The summed E-state index contributed by atoms with van der Waals surface area (Å²) in [5, 5.41) is 20.4. The topological polar surface area (TPSA) is 199 Å². The summed E-state index contributed by atoms with van der Waals surface area (Å²) in [5.41, 5.74) is 11.3. The summed E-state index contributed by atoms with van der Waals surface area (Å²) in [7, 11) is 0. The van der Waals surface area contributed by atoms with Gasteiger partial charge in [-0.15, -0.1) is 22.7 Å². The van der Waals surface area contributed by atoms with Crippen molar-refractivity contribution in [2.45, 2.75) is 123 Å². The van der Waals surface area contributed by atoms with Gasteiger partial charge in [0.05, 0.1) is 74.9 Å². The molecular formula is C58H67N9O7S2. The molecule has 3 aliphatic rings. The van der Waals surface area contributed by atoms with Crippen LogP contribution in [-0.4, -0.2) is 120 Å². The first-order valence-electron chi connectivity index (χ1n) is 26.2. The van der Waals surface area contributed by atoms with E-state index in [9.17, 15) is 29.1 Å². The number of aromatic nitrogens is 3. The van der Waals surface area contributed by atoms with E-state index < -0.39 is 48.2 Å². The number of carbonyl (C=O) groups is 5. The second-order valence-corrected chi connectivity index (χ2v) is 22.3. The number of nitrogens with zero attached hydrogens (tertiary/aromatic N) is 6. The molecule has 6 heterocycles. The van der Waals surface area contributed by atoms with Crippen LogP contribution < -0.4 is 20.7 Å². The summed E-state index contributed by atoms with van der Waals surface area (Å²) in [4.78, 5) is 91.9. The van der Waals surface area contributed by atoms with Crippen LogP contribution in [0, 0.1) is 25.7 Å². The molecule has 18 heteroatoms. The molecule has 0 radical (unpaired) electrons. The first kappa shape index (κ1) is 53.9. The van der Waals surface area contributed by atoms with E-state index in [1.54, 1.807) is 33.6 Å². The van der Waals surface area contributed by atoms with Crippen LogP contribution in [0.1, 0.15) is 91.1 Å². The Labute approximate surface area is 452 Å². The van der Waals surface area contributed by atoms with Crippen LogP contribution in [-0.2, 0) is 45.2 Å². The Bertz CT molecular complexity index is 3020. The number of aliphatic hydroxyl groups excluding tert-OH is 1. The lowest BCUT2D eigenvalue weighted by Crippen LogP contribution is -2.55. The second-order valence-electron chi connectivity index (χ2n) is 20.6. The number of nitrogens with one attached hydrogen (secondary N) is 3. The van der Waals surface area contributed by atoms with E-state index in [0.717, 1.165) is 61.8 Å². The van der Waals surface area contributed by atoms with Gasteiger partial charge < -0.3 is 40.5 Å². The SMILES string of the molecule is CC[C@H](C)[C@H](NCCc1ccccc1)C(=O)N1C[C@H](Oc2cnc3c(c2)C(=O)N([C@H](C(=O)N2C[C@H](O)C[C@H]2C(=O)NCc2ccc(-c4scnc4C)cc2)C(C)C)C3)C[C@H]1C(=O)NCc1ccc(-c2scnc2C)cc1. The molecule has 0 bridgehead atoms. The Kier molecular flexibility index (Phi) is 17.0. The Morgan fingerprint density at radius 2 is 1.33 bits per heavy atom. The van der Waals surface area contributed by atoms with Crippen molar-refractivity contribution >= 4 is 52.2 Å². The lowest BCUT2D eigenvalue weighted by molar-refractivity contribution is -0.143. The van der Waals surface area contributed by atoms with Crippen molar-refractivity contribution in [3.63, 3.8) is 0 Å². The smallest absolute Gasteiger partial charge is 0.256 e. The molecule has 7 atom stereocenters. The molecule has 4 N–H and O–H groups in total. The largest absolute Gasteiger partial charge is 0.487 e. The molecule has 0 aliphatic carbocycles. The average Bonchev–Trinajstić information content (AvgIpc) is 4.30. The predicted molar refractivity (Wildman–Crippen MR) is 293 cm³/mol. The van der Waals surface area contributed by atoms with Crippen LogP contribution >= 0.6 is 22.7 Å². The van der Waals surface area contributed by atoms with Crippen LogP contribution in [0.3, 0.4) is 0 Å². The minimum absolute atomic E-state index is 0.0314. The zero-order valence-electron chi connectivity index (χ0n) is 43.9. The first-order chi connectivity index (χ1) is 36.7.